The fourth-order valence-corrected chi connectivity index (χ4v) is 8.82. The molecule has 1 fully saturated rings. The fraction of sp³-hybridized carbons (Fsp3) is 0.455. The number of azide groups is 1. The molecule has 5 nitrogen and oxygen atoms in total. The Morgan fingerprint density at radius 3 is 2.17 bits per heavy atom. The van der Waals surface area contributed by atoms with E-state index in [1.165, 1.54) is 0 Å². The normalized spacial score (nSPS) is 23.0. The van der Waals surface area contributed by atoms with Crippen LogP contribution < -0.4 is 10.4 Å². The summed E-state index contributed by atoms with van der Waals surface area (Å²) in [6.45, 7) is 4.62. The molecule has 160 valence electrons. The van der Waals surface area contributed by atoms with Crippen LogP contribution in [0.1, 0.15) is 20.3 Å². The highest BCUT2D eigenvalue weighted by Gasteiger charge is 2.53. The third-order valence-electron chi connectivity index (χ3n) is 6.15. The van der Waals surface area contributed by atoms with Crippen LogP contribution in [0.2, 0.25) is 5.04 Å². The van der Waals surface area contributed by atoms with E-state index in [-0.39, 0.29) is 11.8 Å². The monoisotopic (exact) mass is 463 g/mol. The summed E-state index contributed by atoms with van der Waals surface area (Å²) in [5.41, 5.74) is 9.12. The molecule has 0 aromatic heterocycles. The van der Waals surface area contributed by atoms with Gasteiger partial charge in [-0.3, -0.25) is 0 Å². The number of benzene rings is 2. The zero-order valence-electron chi connectivity index (χ0n) is 17.2. The summed E-state index contributed by atoms with van der Waals surface area (Å²) >= 11 is 12.3. The van der Waals surface area contributed by atoms with Crippen LogP contribution in [0.25, 0.3) is 10.4 Å². The highest BCUT2D eigenvalue weighted by molar-refractivity contribution is 6.98. The van der Waals surface area contributed by atoms with E-state index < -0.39 is 30.9 Å². The number of hydrogen-bond donors (Lipinski definition) is 1. The van der Waals surface area contributed by atoms with Crippen molar-refractivity contribution in [1.29, 1.82) is 0 Å². The smallest absolute Gasteiger partial charge is 0.258 e. The minimum atomic E-state index is -3.16. The van der Waals surface area contributed by atoms with E-state index in [1.54, 1.807) is 0 Å². The average Bonchev–Trinajstić information content (AvgIpc) is 3.15. The highest BCUT2D eigenvalue weighted by atomic mass is 35.5. The van der Waals surface area contributed by atoms with Crippen LogP contribution in [-0.2, 0) is 4.74 Å². The zero-order valence-corrected chi connectivity index (χ0v) is 19.7. The van der Waals surface area contributed by atoms with Crippen molar-refractivity contribution < 1.29 is 9.53 Å². The van der Waals surface area contributed by atoms with Crippen molar-refractivity contribution in [2.24, 2.45) is 11.0 Å². The van der Waals surface area contributed by atoms with Gasteiger partial charge in [0.2, 0.25) is 0 Å². The van der Waals surface area contributed by atoms with Crippen molar-refractivity contribution in [3.05, 3.63) is 71.1 Å². The molecule has 0 aliphatic carbocycles. The van der Waals surface area contributed by atoms with Gasteiger partial charge in [0, 0.05) is 10.8 Å². The van der Waals surface area contributed by atoms with E-state index in [9.17, 15) is 4.80 Å². The first-order valence-electron chi connectivity index (χ1n) is 10.0. The lowest BCUT2D eigenvalue weighted by molar-refractivity contribution is 0.101. The van der Waals surface area contributed by atoms with Gasteiger partial charge in [0.05, 0.1) is 24.1 Å². The molecule has 0 spiro atoms. The summed E-state index contributed by atoms with van der Waals surface area (Å²) in [6.07, 6.45) is 0.204. The molecular formula is C22H27Cl2N3O2Si. The second-order valence-corrected chi connectivity index (χ2v) is 13.3. The van der Waals surface area contributed by atoms with Crippen LogP contribution in [-0.4, -0.2) is 43.1 Å². The van der Waals surface area contributed by atoms with E-state index in [4.69, 9.17) is 33.5 Å². The van der Waals surface area contributed by atoms with Crippen LogP contribution in [0.15, 0.2) is 65.8 Å². The quantitative estimate of drug-likeness (QED) is 0.206. The molecule has 1 aliphatic rings. The average molecular weight is 464 g/mol. The van der Waals surface area contributed by atoms with Crippen LogP contribution in [0.3, 0.4) is 0 Å². The molecule has 0 bridgehead atoms. The summed E-state index contributed by atoms with van der Waals surface area (Å²) < 4.78 is 5.91. The van der Waals surface area contributed by atoms with Gasteiger partial charge in [-0.05, 0) is 33.3 Å². The Bertz CT molecular complexity index is 839. The second-order valence-electron chi connectivity index (χ2n) is 8.45. The van der Waals surface area contributed by atoms with Crippen LogP contribution in [0.5, 0.6) is 0 Å². The molecule has 2 aromatic rings. The first kappa shape index (κ1) is 23.1. The Balaban J connectivity index is 1.99. The van der Waals surface area contributed by atoms with Gasteiger partial charge in [0.15, 0.2) is 0 Å². The standard InChI is InChI=1S/C22H27Cl2N3O2Si/c1-22(2,13-16-15-29-21(19(24)14-23)20(16)26-27-25)30(28,17-9-5-3-6-10-17)18-11-7-4-8-12-18/h3-12,16,19-21,28H,13-15H2,1-2H3/t16-,19+,20+,21+/m0/s1. The van der Waals surface area contributed by atoms with E-state index in [2.05, 4.69) is 23.9 Å². The van der Waals surface area contributed by atoms with Crippen molar-refractivity contribution in [2.75, 3.05) is 12.5 Å². The summed E-state index contributed by atoms with van der Waals surface area (Å²) in [4.78, 5) is 15.4. The molecule has 0 saturated carbocycles. The van der Waals surface area contributed by atoms with Crippen molar-refractivity contribution in [2.45, 2.75) is 42.8 Å². The first-order valence-corrected chi connectivity index (χ1v) is 13.0. The molecule has 4 atom stereocenters. The highest BCUT2D eigenvalue weighted by Crippen LogP contribution is 2.45. The van der Waals surface area contributed by atoms with Crippen LogP contribution >= 0.6 is 23.2 Å². The fourth-order valence-electron chi connectivity index (χ4n) is 4.62. The molecule has 0 amide bonds. The van der Waals surface area contributed by atoms with Crippen molar-refractivity contribution in [1.82, 2.24) is 0 Å². The molecule has 0 unspecified atom stereocenters. The maximum Gasteiger partial charge on any atom is 0.258 e. The lowest BCUT2D eigenvalue weighted by Gasteiger charge is -2.43. The van der Waals surface area contributed by atoms with Gasteiger partial charge in [0.1, 0.15) is 0 Å². The molecular weight excluding hydrogens is 437 g/mol. The predicted octanol–water partition coefficient (Wildman–Crippen LogP) is 4.45. The molecule has 1 aliphatic heterocycles. The number of hydrogen-bond acceptors (Lipinski definition) is 3. The Hall–Kier alpha value is -1.53. The van der Waals surface area contributed by atoms with Gasteiger partial charge in [-0.1, -0.05) is 79.6 Å². The van der Waals surface area contributed by atoms with Gasteiger partial charge in [-0.25, -0.2) is 0 Å². The van der Waals surface area contributed by atoms with Crippen molar-refractivity contribution in [3.63, 3.8) is 0 Å². The van der Waals surface area contributed by atoms with Gasteiger partial charge in [-0.2, -0.15) is 0 Å². The molecule has 0 radical (unpaired) electrons. The van der Waals surface area contributed by atoms with Gasteiger partial charge in [-0.15, -0.1) is 23.2 Å². The maximum atomic E-state index is 12.3. The Kier molecular flexibility index (Phi) is 7.50. The van der Waals surface area contributed by atoms with E-state index in [0.29, 0.717) is 13.0 Å². The minimum Gasteiger partial charge on any atom is -0.424 e. The van der Waals surface area contributed by atoms with E-state index in [1.807, 2.05) is 60.7 Å². The molecule has 30 heavy (non-hydrogen) atoms. The summed E-state index contributed by atoms with van der Waals surface area (Å²) in [5.74, 6) is 0.156. The molecule has 1 saturated heterocycles. The third-order valence-corrected chi connectivity index (χ3v) is 11.5. The Morgan fingerprint density at radius 1 is 1.17 bits per heavy atom. The van der Waals surface area contributed by atoms with Gasteiger partial charge >= 0.3 is 0 Å². The SMILES string of the molecule is CC(C)(C[C@H]1CO[C@H]([C@H](Cl)CCl)[C@@H]1N=[N+]=[N-])[Si](O)(c1ccccc1)c1ccccc1. The van der Waals surface area contributed by atoms with Crippen molar-refractivity contribution >= 4 is 41.9 Å². The lowest BCUT2D eigenvalue weighted by Crippen LogP contribution is -2.65. The van der Waals surface area contributed by atoms with Crippen LogP contribution in [0, 0.1) is 5.92 Å². The molecule has 3 rings (SSSR count). The largest absolute Gasteiger partial charge is 0.424 e. The third kappa shape index (κ3) is 4.40. The topological polar surface area (TPSA) is 78.2 Å². The Morgan fingerprint density at radius 2 is 1.70 bits per heavy atom. The number of nitrogens with zero attached hydrogens (tertiary/aromatic N) is 3. The number of halogens is 2. The number of ether oxygens (including phenoxy) is 1. The molecule has 8 heteroatoms. The molecule has 1 heterocycles. The van der Waals surface area contributed by atoms with Crippen molar-refractivity contribution in [3.8, 4) is 0 Å². The first-order chi connectivity index (χ1) is 14.3. The summed E-state index contributed by atoms with van der Waals surface area (Å²) in [6, 6.07) is 19.3. The van der Waals surface area contributed by atoms with Gasteiger partial charge in [0.25, 0.3) is 8.32 Å². The zero-order chi connectivity index (χ0) is 21.8. The predicted molar refractivity (Wildman–Crippen MR) is 125 cm³/mol. The van der Waals surface area contributed by atoms with Gasteiger partial charge < -0.3 is 9.53 Å². The number of rotatable bonds is 8. The van der Waals surface area contributed by atoms with E-state index >= 15 is 0 Å². The Labute approximate surface area is 188 Å². The number of alkyl halides is 2. The summed E-state index contributed by atoms with van der Waals surface area (Å²) in [7, 11) is -3.16. The van der Waals surface area contributed by atoms with Crippen LogP contribution in [0.4, 0.5) is 0 Å². The lowest BCUT2D eigenvalue weighted by atomic mass is 9.89. The molecule has 1 N–H and O–H groups in total. The second kappa shape index (κ2) is 9.73. The summed E-state index contributed by atoms with van der Waals surface area (Å²) in [5, 5.41) is 5.01. The molecule has 2 aromatic carbocycles. The minimum absolute atomic E-state index is 0.0585. The maximum absolute atomic E-state index is 12.3. The van der Waals surface area contributed by atoms with E-state index in [0.717, 1.165) is 10.4 Å².